The van der Waals surface area contributed by atoms with Gasteiger partial charge in [0.2, 0.25) is 0 Å². The molecule has 33 heavy (non-hydrogen) atoms. The van der Waals surface area contributed by atoms with Crippen LogP contribution in [0.1, 0.15) is 52.5 Å². The third kappa shape index (κ3) is 4.81. The molecule has 0 unspecified atom stereocenters. The van der Waals surface area contributed by atoms with Crippen molar-refractivity contribution in [3.05, 3.63) is 77.0 Å². The molecule has 174 valence electrons. The Bertz CT molecular complexity index is 1110. The normalized spacial score (nSPS) is 17.7. The molecule has 1 aromatic heterocycles. The minimum Gasteiger partial charge on any atom is -0.497 e. The first kappa shape index (κ1) is 22.7. The lowest BCUT2D eigenvalue weighted by Crippen LogP contribution is -2.36. The second-order valence-corrected chi connectivity index (χ2v) is 7.97. The van der Waals surface area contributed by atoms with Gasteiger partial charge in [-0.1, -0.05) is 43.3 Å². The highest BCUT2D eigenvalue weighted by atomic mass is 19.4. The fraction of sp³-hybridized carbons (Fsp3) is 0.333. The molecule has 1 amide bonds. The predicted molar refractivity (Wildman–Crippen MR) is 118 cm³/mol. The van der Waals surface area contributed by atoms with E-state index in [1.165, 1.54) is 6.20 Å². The van der Waals surface area contributed by atoms with Gasteiger partial charge in [0.15, 0.2) is 6.04 Å². The summed E-state index contributed by atoms with van der Waals surface area (Å²) in [7, 11) is 1.56. The Balaban J connectivity index is 1.57. The van der Waals surface area contributed by atoms with Gasteiger partial charge in [-0.2, -0.15) is 18.3 Å². The topological polar surface area (TPSA) is 68.2 Å². The Hall–Kier alpha value is -3.49. The third-order valence-corrected chi connectivity index (χ3v) is 5.89. The van der Waals surface area contributed by atoms with Crippen LogP contribution in [0, 0.1) is 0 Å². The van der Waals surface area contributed by atoms with Gasteiger partial charge in [0.25, 0.3) is 5.91 Å². The molecule has 3 aromatic rings. The zero-order valence-electron chi connectivity index (χ0n) is 18.3. The Morgan fingerprint density at radius 3 is 2.42 bits per heavy atom. The van der Waals surface area contributed by atoms with Gasteiger partial charge < -0.3 is 15.4 Å². The summed E-state index contributed by atoms with van der Waals surface area (Å²) in [5.41, 5.74) is 2.75. The summed E-state index contributed by atoms with van der Waals surface area (Å²) in [6.45, 7) is 2.24. The van der Waals surface area contributed by atoms with Gasteiger partial charge in [-0.3, -0.25) is 4.79 Å². The summed E-state index contributed by atoms with van der Waals surface area (Å²) < 4.78 is 47.6. The number of halogens is 3. The van der Waals surface area contributed by atoms with E-state index >= 15 is 0 Å². The first-order valence-electron chi connectivity index (χ1n) is 10.7. The zero-order valence-corrected chi connectivity index (χ0v) is 18.3. The molecule has 2 atom stereocenters. The number of aromatic nitrogens is 2. The minimum atomic E-state index is -4.50. The van der Waals surface area contributed by atoms with Crippen molar-refractivity contribution in [2.24, 2.45) is 0 Å². The summed E-state index contributed by atoms with van der Waals surface area (Å²) >= 11 is 0. The van der Waals surface area contributed by atoms with E-state index in [2.05, 4.69) is 15.7 Å². The van der Waals surface area contributed by atoms with Crippen LogP contribution >= 0.6 is 0 Å². The number of fused-ring (bicyclic) bond motifs is 1. The second kappa shape index (κ2) is 9.17. The number of methoxy groups -OCH3 is 1. The second-order valence-electron chi connectivity index (χ2n) is 7.97. The van der Waals surface area contributed by atoms with Gasteiger partial charge >= 0.3 is 6.18 Å². The Morgan fingerprint density at radius 2 is 1.82 bits per heavy atom. The molecule has 9 heteroatoms. The number of rotatable bonds is 6. The number of carbonyl (C=O) groups excluding carboxylic acids is 1. The molecule has 0 fully saturated rings. The number of hydrogen-bond acceptors (Lipinski definition) is 4. The number of anilines is 1. The molecule has 1 aliphatic heterocycles. The highest BCUT2D eigenvalue weighted by Crippen LogP contribution is 2.44. The molecule has 0 spiro atoms. The minimum absolute atomic E-state index is 0.0698. The van der Waals surface area contributed by atoms with Crippen LogP contribution in [0.2, 0.25) is 0 Å². The molecule has 0 aliphatic carbocycles. The van der Waals surface area contributed by atoms with Gasteiger partial charge in [-0.25, -0.2) is 4.68 Å². The first-order valence-corrected chi connectivity index (χ1v) is 10.7. The molecule has 4 rings (SSSR count). The molecular formula is C24H25F3N4O2. The number of carbonyl (C=O) groups is 1. The van der Waals surface area contributed by atoms with E-state index < -0.39 is 24.2 Å². The number of alkyl halides is 3. The smallest absolute Gasteiger partial charge is 0.410 e. The number of ether oxygens (including phenoxy) is 1. The first-order chi connectivity index (χ1) is 15.8. The van der Waals surface area contributed by atoms with E-state index in [0.717, 1.165) is 27.8 Å². The molecule has 0 saturated heterocycles. The van der Waals surface area contributed by atoms with Crippen LogP contribution < -0.4 is 15.4 Å². The highest BCUT2D eigenvalue weighted by Gasteiger charge is 2.47. The Morgan fingerprint density at radius 1 is 1.15 bits per heavy atom. The number of hydrogen-bond donors (Lipinski definition) is 2. The van der Waals surface area contributed by atoms with Crippen LogP contribution in [0.25, 0.3) is 0 Å². The van der Waals surface area contributed by atoms with Crippen molar-refractivity contribution >= 4 is 11.7 Å². The molecule has 2 N–H and O–H groups in total. The third-order valence-electron chi connectivity index (χ3n) is 5.89. The van der Waals surface area contributed by atoms with Crippen molar-refractivity contribution in [3.8, 4) is 5.75 Å². The highest BCUT2D eigenvalue weighted by molar-refractivity contribution is 5.98. The van der Waals surface area contributed by atoms with Crippen molar-refractivity contribution in [2.45, 2.75) is 44.6 Å². The maximum Gasteiger partial charge on any atom is 0.410 e. The number of amides is 1. The largest absolute Gasteiger partial charge is 0.497 e. The Labute approximate surface area is 189 Å². The summed E-state index contributed by atoms with van der Waals surface area (Å²) in [5.74, 6) is 0.263. The maximum absolute atomic E-state index is 13.9. The van der Waals surface area contributed by atoms with Crippen molar-refractivity contribution in [1.82, 2.24) is 15.1 Å². The van der Waals surface area contributed by atoms with Crippen LogP contribution in [0.4, 0.5) is 19.0 Å². The van der Waals surface area contributed by atoms with Crippen molar-refractivity contribution in [3.63, 3.8) is 0 Å². The van der Waals surface area contributed by atoms with Crippen LogP contribution in [0.3, 0.4) is 0 Å². The van der Waals surface area contributed by atoms with Crippen molar-refractivity contribution < 1.29 is 22.7 Å². The molecular weight excluding hydrogens is 433 g/mol. The summed E-state index contributed by atoms with van der Waals surface area (Å²) in [6.07, 6.45) is -2.68. The lowest BCUT2D eigenvalue weighted by atomic mass is 9.95. The molecule has 0 saturated carbocycles. The summed E-state index contributed by atoms with van der Waals surface area (Å²) in [6, 6.07) is 12.2. The van der Waals surface area contributed by atoms with Gasteiger partial charge in [-0.05, 0) is 35.2 Å². The number of nitrogens with one attached hydrogen (secondary N) is 2. The van der Waals surface area contributed by atoms with E-state index in [9.17, 15) is 18.0 Å². The molecule has 0 bridgehead atoms. The van der Waals surface area contributed by atoms with E-state index in [4.69, 9.17) is 4.74 Å². The molecule has 0 radical (unpaired) electrons. The predicted octanol–water partition coefficient (Wildman–Crippen LogP) is 5.04. The fourth-order valence-corrected chi connectivity index (χ4v) is 3.95. The van der Waals surface area contributed by atoms with Gasteiger partial charge in [0, 0.05) is 13.0 Å². The van der Waals surface area contributed by atoms with E-state index in [-0.39, 0.29) is 24.3 Å². The monoisotopic (exact) mass is 458 g/mol. The van der Waals surface area contributed by atoms with Gasteiger partial charge in [-0.15, -0.1) is 0 Å². The van der Waals surface area contributed by atoms with Crippen molar-refractivity contribution in [2.75, 3.05) is 12.4 Å². The van der Waals surface area contributed by atoms with Crippen LogP contribution in [-0.2, 0) is 13.0 Å². The van der Waals surface area contributed by atoms with Crippen LogP contribution in [-0.4, -0.2) is 29.0 Å². The molecule has 2 aromatic carbocycles. The van der Waals surface area contributed by atoms with Crippen LogP contribution in [0.5, 0.6) is 5.75 Å². The van der Waals surface area contributed by atoms with E-state index in [1.54, 1.807) is 31.4 Å². The SMILES string of the molecule is CCc1ccc([C@@H]2C[C@H](C(F)(F)F)n3ncc(C(=O)NCc4ccc(OC)cc4)c3N2)cc1. The summed E-state index contributed by atoms with van der Waals surface area (Å²) in [4.78, 5) is 12.8. The molecule has 1 aliphatic rings. The Kier molecular flexibility index (Phi) is 6.31. The maximum atomic E-state index is 13.9. The number of aryl methyl sites for hydroxylation is 1. The number of benzene rings is 2. The number of nitrogens with zero attached hydrogens (tertiary/aromatic N) is 2. The van der Waals surface area contributed by atoms with E-state index in [1.807, 2.05) is 31.2 Å². The van der Waals surface area contributed by atoms with Gasteiger partial charge in [0.1, 0.15) is 17.1 Å². The van der Waals surface area contributed by atoms with E-state index in [0.29, 0.717) is 5.75 Å². The lowest BCUT2D eigenvalue weighted by Gasteiger charge is -2.34. The van der Waals surface area contributed by atoms with Crippen LogP contribution in [0.15, 0.2) is 54.7 Å². The quantitative estimate of drug-likeness (QED) is 0.543. The lowest BCUT2D eigenvalue weighted by molar-refractivity contribution is -0.173. The average molecular weight is 458 g/mol. The average Bonchev–Trinajstić information content (AvgIpc) is 3.25. The fourth-order valence-electron chi connectivity index (χ4n) is 3.95. The standard InChI is InChI=1S/C24H25F3N4O2/c1-3-15-4-8-17(9-5-15)20-12-21(24(25,26)27)31-22(30-20)19(14-29-31)23(32)28-13-16-6-10-18(33-2)11-7-16/h4-11,14,20-21,30H,3,12-13H2,1-2H3,(H,28,32)/t20-,21+/m0/s1. The molecule has 2 heterocycles. The molecule has 6 nitrogen and oxygen atoms in total. The summed E-state index contributed by atoms with van der Waals surface area (Å²) in [5, 5.41) is 9.79. The van der Waals surface area contributed by atoms with Crippen molar-refractivity contribution in [1.29, 1.82) is 0 Å². The van der Waals surface area contributed by atoms with Gasteiger partial charge in [0.05, 0.1) is 19.3 Å². The zero-order chi connectivity index (χ0) is 23.6.